The Balaban J connectivity index is 1.57. The van der Waals surface area contributed by atoms with Gasteiger partial charge in [0.1, 0.15) is 23.4 Å². The first-order chi connectivity index (χ1) is 15.7. The zero-order valence-electron chi connectivity index (χ0n) is 18.3. The second kappa shape index (κ2) is 8.53. The van der Waals surface area contributed by atoms with Gasteiger partial charge in [-0.3, -0.25) is 24.6 Å². The van der Waals surface area contributed by atoms with Crippen molar-refractivity contribution in [1.82, 2.24) is 10.2 Å². The molecule has 0 spiro atoms. The van der Waals surface area contributed by atoms with Crippen LogP contribution in [0.1, 0.15) is 34.3 Å². The summed E-state index contributed by atoms with van der Waals surface area (Å²) in [7, 11) is 2.86. The molecule has 9 nitrogen and oxygen atoms in total. The van der Waals surface area contributed by atoms with Crippen LogP contribution in [0.3, 0.4) is 0 Å². The number of rotatable bonds is 4. The van der Waals surface area contributed by atoms with Crippen LogP contribution >= 0.6 is 0 Å². The average molecular weight is 455 g/mol. The second-order valence-corrected chi connectivity index (χ2v) is 7.97. The maximum absolute atomic E-state index is 13.7. The Morgan fingerprint density at radius 1 is 1.18 bits per heavy atom. The van der Waals surface area contributed by atoms with Crippen molar-refractivity contribution in [2.45, 2.75) is 32.4 Å². The van der Waals surface area contributed by atoms with Crippen LogP contribution in [0.5, 0.6) is 11.5 Å². The third kappa shape index (κ3) is 4.23. The number of imide groups is 1. The lowest BCUT2D eigenvalue weighted by Gasteiger charge is -2.29. The lowest BCUT2D eigenvalue weighted by molar-refractivity contribution is -0.136. The Morgan fingerprint density at radius 2 is 1.94 bits per heavy atom. The highest BCUT2D eigenvalue weighted by Crippen LogP contribution is 2.37. The van der Waals surface area contributed by atoms with E-state index >= 15 is 0 Å². The van der Waals surface area contributed by atoms with Crippen LogP contribution < -0.4 is 19.7 Å². The number of nitrogens with one attached hydrogen (secondary N) is 1. The van der Waals surface area contributed by atoms with Crippen LogP contribution in [-0.4, -0.2) is 48.9 Å². The Hall–Kier alpha value is -3.95. The van der Waals surface area contributed by atoms with Gasteiger partial charge in [0.15, 0.2) is 0 Å². The van der Waals surface area contributed by atoms with E-state index < -0.39 is 29.8 Å². The predicted octanol–water partition coefficient (Wildman–Crippen LogP) is 2.54. The van der Waals surface area contributed by atoms with E-state index in [-0.39, 0.29) is 36.6 Å². The molecule has 2 heterocycles. The molecule has 33 heavy (non-hydrogen) atoms. The van der Waals surface area contributed by atoms with E-state index in [1.807, 2.05) is 0 Å². The van der Waals surface area contributed by atoms with E-state index in [2.05, 4.69) is 5.32 Å². The van der Waals surface area contributed by atoms with E-state index in [1.165, 1.54) is 43.3 Å². The molecule has 0 aromatic heterocycles. The molecule has 1 N–H and O–H groups in total. The normalized spacial score (nSPS) is 17.5. The van der Waals surface area contributed by atoms with E-state index in [1.54, 1.807) is 13.0 Å². The Bertz CT molecular complexity index is 1160. The number of aryl methyl sites for hydroxylation is 1. The minimum absolute atomic E-state index is 0.0639. The summed E-state index contributed by atoms with van der Waals surface area (Å²) in [5, 5.41) is 2.25. The molecule has 1 saturated heterocycles. The number of fused-ring (bicyclic) bond motifs is 1. The fraction of sp³-hybridized carbons (Fsp3) is 0.304. The van der Waals surface area contributed by atoms with Crippen molar-refractivity contribution < 1.29 is 33.0 Å². The fourth-order valence-electron chi connectivity index (χ4n) is 4.03. The van der Waals surface area contributed by atoms with Gasteiger partial charge in [0.25, 0.3) is 5.91 Å². The summed E-state index contributed by atoms with van der Waals surface area (Å²) in [6, 6.07) is 6.29. The highest BCUT2D eigenvalue weighted by Gasteiger charge is 2.40. The van der Waals surface area contributed by atoms with Gasteiger partial charge in [0.05, 0.1) is 19.2 Å². The zero-order valence-corrected chi connectivity index (χ0v) is 18.3. The molecule has 4 rings (SSSR count). The van der Waals surface area contributed by atoms with Gasteiger partial charge < -0.3 is 14.4 Å². The third-order valence-corrected chi connectivity index (χ3v) is 5.70. The van der Waals surface area contributed by atoms with E-state index in [0.717, 1.165) is 4.90 Å². The standard InChI is InChI=1S/C23H22FN3O6/c1-12-6-13(24)8-14(7-12)26(2)23(31)33-15-9-16-17(19(10-15)32-3)11-27(22(16)30)18-4-5-20(28)25-21(18)29/h6-10,18H,4-5,11H2,1-3H3,(H,25,28,29). The number of nitrogens with zero attached hydrogens (tertiary/aromatic N) is 2. The predicted molar refractivity (Wildman–Crippen MR) is 115 cm³/mol. The monoisotopic (exact) mass is 455 g/mol. The largest absolute Gasteiger partial charge is 0.496 e. The van der Waals surface area contributed by atoms with Crippen molar-refractivity contribution in [1.29, 1.82) is 0 Å². The van der Waals surface area contributed by atoms with E-state index in [9.17, 15) is 23.6 Å². The summed E-state index contributed by atoms with van der Waals surface area (Å²) < 4.78 is 24.6. The average Bonchev–Trinajstić information content (AvgIpc) is 3.08. The molecule has 1 unspecified atom stereocenters. The van der Waals surface area contributed by atoms with Crippen molar-refractivity contribution in [3.63, 3.8) is 0 Å². The highest BCUT2D eigenvalue weighted by molar-refractivity contribution is 6.06. The van der Waals surface area contributed by atoms with Gasteiger partial charge in [-0.1, -0.05) is 0 Å². The minimum atomic E-state index is -0.783. The van der Waals surface area contributed by atoms with Gasteiger partial charge in [-0.2, -0.15) is 0 Å². The number of benzene rings is 2. The fourth-order valence-corrected chi connectivity index (χ4v) is 4.03. The molecule has 1 atom stereocenters. The molecule has 10 heteroatoms. The second-order valence-electron chi connectivity index (χ2n) is 7.97. The molecule has 0 bridgehead atoms. The van der Waals surface area contributed by atoms with Crippen LogP contribution in [0.25, 0.3) is 0 Å². The number of ether oxygens (including phenoxy) is 2. The van der Waals surface area contributed by atoms with Gasteiger partial charge in [0, 0.05) is 30.8 Å². The summed E-state index contributed by atoms with van der Waals surface area (Å²) in [5.41, 5.74) is 1.75. The van der Waals surface area contributed by atoms with Crippen molar-refractivity contribution in [3.8, 4) is 11.5 Å². The molecule has 0 radical (unpaired) electrons. The number of halogens is 1. The van der Waals surface area contributed by atoms with Crippen LogP contribution in [-0.2, 0) is 16.1 Å². The summed E-state index contributed by atoms with van der Waals surface area (Å²) in [5.74, 6) is -1.42. The molecule has 1 fully saturated rings. The number of carbonyl (C=O) groups excluding carboxylic acids is 4. The van der Waals surface area contributed by atoms with E-state index in [4.69, 9.17) is 9.47 Å². The van der Waals surface area contributed by atoms with Crippen LogP contribution in [0, 0.1) is 12.7 Å². The molecule has 4 amide bonds. The SMILES string of the molecule is COc1cc(OC(=O)N(C)c2cc(C)cc(F)c2)cc2c1CN(C1CCC(=O)NC1=O)C2=O. The van der Waals surface area contributed by atoms with E-state index in [0.29, 0.717) is 22.6 Å². The highest BCUT2D eigenvalue weighted by atomic mass is 19.1. The van der Waals surface area contributed by atoms with Crippen LogP contribution in [0.15, 0.2) is 30.3 Å². The van der Waals surface area contributed by atoms with Crippen molar-refractivity contribution in [2.24, 2.45) is 0 Å². The molecule has 2 aromatic carbocycles. The molecule has 0 saturated carbocycles. The number of piperidine rings is 1. The molecule has 0 aliphatic carbocycles. The topological polar surface area (TPSA) is 105 Å². The Kier molecular flexibility index (Phi) is 5.75. The lowest BCUT2D eigenvalue weighted by atomic mass is 10.0. The number of methoxy groups -OCH3 is 1. The van der Waals surface area contributed by atoms with Crippen LogP contribution in [0.4, 0.5) is 14.9 Å². The number of carbonyl (C=O) groups is 4. The smallest absolute Gasteiger partial charge is 0.419 e. The molecular formula is C23H22FN3O6. The summed E-state index contributed by atoms with van der Waals surface area (Å²) in [4.78, 5) is 52.0. The Morgan fingerprint density at radius 3 is 2.61 bits per heavy atom. The van der Waals surface area contributed by atoms with Gasteiger partial charge in [-0.15, -0.1) is 0 Å². The lowest BCUT2D eigenvalue weighted by Crippen LogP contribution is -2.52. The Labute approximate surface area is 189 Å². The van der Waals surface area contributed by atoms with Crippen molar-refractivity contribution in [3.05, 3.63) is 52.8 Å². The third-order valence-electron chi connectivity index (χ3n) is 5.70. The minimum Gasteiger partial charge on any atom is -0.496 e. The summed E-state index contributed by atoms with van der Waals surface area (Å²) in [6.07, 6.45) is -0.413. The summed E-state index contributed by atoms with van der Waals surface area (Å²) in [6.45, 7) is 1.83. The molecule has 2 aromatic rings. The molecule has 2 aliphatic rings. The van der Waals surface area contributed by atoms with Gasteiger partial charge >= 0.3 is 6.09 Å². The first-order valence-corrected chi connectivity index (χ1v) is 10.3. The first-order valence-electron chi connectivity index (χ1n) is 10.3. The van der Waals surface area contributed by atoms with Crippen LogP contribution in [0.2, 0.25) is 0 Å². The first kappa shape index (κ1) is 22.3. The van der Waals surface area contributed by atoms with Gasteiger partial charge in [-0.25, -0.2) is 9.18 Å². The number of anilines is 1. The number of hydrogen-bond acceptors (Lipinski definition) is 6. The molecular weight excluding hydrogens is 433 g/mol. The molecule has 2 aliphatic heterocycles. The summed E-state index contributed by atoms with van der Waals surface area (Å²) >= 11 is 0. The van der Waals surface area contributed by atoms with Gasteiger partial charge in [0.2, 0.25) is 11.8 Å². The maximum Gasteiger partial charge on any atom is 0.419 e. The van der Waals surface area contributed by atoms with Gasteiger partial charge in [-0.05, 0) is 43.2 Å². The van der Waals surface area contributed by atoms with Crippen molar-refractivity contribution >= 4 is 29.5 Å². The zero-order chi connectivity index (χ0) is 23.9. The van der Waals surface area contributed by atoms with Crippen molar-refractivity contribution in [2.75, 3.05) is 19.1 Å². The maximum atomic E-state index is 13.7. The number of amides is 4. The molecule has 172 valence electrons. The quantitative estimate of drug-likeness (QED) is 0.711. The number of hydrogen-bond donors (Lipinski definition) is 1.